The molecule has 0 fully saturated rings. The Morgan fingerprint density at radius 1 is 0.720 bits per heavy atom. The van der Waals surface area contributed by atoms with Crippen LogP contribution in [-0.2, 0) is 0 Å². The van der Waals surface area contributed by atoms with E-state index in [0.29, 0.717) is 0 Å². The summed E-state index contributed by atoms with van der Waals surface area (Å²) in [7, 11) is 1.68. The van der Waals surface area contributed by atoms with E-state index in [-0.39, 0.29) is 0 Å². The number of ether oxygens (including phenoxy) is 1. The van der Waals surface area contributed by atoms with Crippen molar-refractivity contribution in [3.05, 3.63) is 91.0 Å². The van der Waals surface area contributed by atoms with Gasteiger partial charge in [0.2, 0.25) is 0 Å². The first kappa shape index (κ1) is 15.2. The molecule has 0 aliphatic heterocycles. The molecule has 0 unspecified atom stereocenters. The number of rotatable bonds is 4. The SMILES string of the molecule is COc1cccc(-c2cc(-c3ccccc3)n(-c3ccccc3)n2)c1. The highest BCUT2D eigenvalue weighted by atomic mass is 16.5. The number of nitrogens with zero attached hydrogens (tertiary/aromatic N) is 2. The molecule has 0 aliphatic rings. The zero-order chi connectivity index (χ0) is 17.1. The second-order valence-electron chi connectivity index (χ2n) is 5.76. The van der Waals surface area contributed by atoms with E-state index in [1.165, 1.54) is 0 Å². The van der Waals surface area contributed by atoms with Crippen LogP contribution in [0.5, 0.6) is 5.75 Å². The summed E-state index contributed by atoms with van der Waals surface area (Å²) in [5, 5.41) is 4.86. The Morgan fingerprint density at radius 3 is 2.12 bits per heavy atom. The fourth-order valence-corrected chi connectivity index (χ4v) is 2.89. The molecule has 0 N–H and O–H groups in total. The number of hydrogen-bond donors (Lipinski definition) is 0. The van der Waals surface area contributed by atoms with E-state index >= 15 is 0 Å². The summed E-state index contributed by atoms with van der Waals surface area (Å²) in [6, 6.07) is 30.6. The van der Waals surface area contributed by atoms with Gasteiger partial charge in [-0.25, -0.2) is 4.68 Å². The van der Waals surface area contributed by atoms with Crippen LogP contribution in [0.2, 0.25) is 0 Å². The highest BCUT2D eigenvalue weighted by molar-refractivity contribution is 5.71. The van der Waals surface area contributed by atoms with Gasteiger partial charge in [0.25, 0.3) is 0 Å². The lowest BCUT2D eigenvalue weighted by atomic mass is 10.1. The van der Waals surface area contributed by atoms with E-state index < -0.39 is 0 Å². The van der Waals surface area contributed by atoms with Gasteiger partial charge >= 0.3 is 0 Å². The quantitative estimate of drug-likeness (QED) is 0.514. The van der Waals surface area contributed by atoms with Gasteiger partial charge in [-0.05, 0) is 30.3 Å². The van der Waals surface area contributed by atoms with Crippen molar-refractivity contribution >= 4 is 0 Å². The molecule has 0 bridgehead atoms. The molecule has 3 aromatic carbocycles. The van der Waals surface area contributed by atoms with E-state index in [2.05, 4.69) is 36.4 Å². The van der Waals surface area contributed by atoms with Crippen LogP contribution in [0.1, 0.15) is 0 Å². The van der Waals surface area contributed by atoms with Crippen LogP contribution in [0.25, 0.3) is 28.2 Å². The lowest BCUT2D eigenvalue weighted by molar-refractivity contribution is 0.415. The van der Waals surface area contributed by atoms with Crippen LogP contribution in [0.4, 0.5) is 0 Å². The molecule has 0 saturated heterocycles. The summed E-state index contributed by atoms with van der Waals surface area (Å²) in [4.78, 5) is 0. The zero-order valence-electron chi connectivity index (χ0n) is 14.0. The Morgan fingerprint density at radius 2 is 1.40 bits per heavy atom. The maximum atomic E-state index is 5.35. The molecule has 25 heavy (non-hydrogen) atoms. The van der Waals surface area contributed by atoms with Crippen molar-refractivity contribution in [1.82, 2.24) is 9.78 Å². The summed E-state index contributed by atoms with van der Waals surface area (Å²) in [5.41, 5.74) is 5.18. The summed E-state index contributed by atoms with van der Waals surface area (Å²) >= 11 is 0. The average molecular weight is 326 g/mol. The number of hydrogen-bond acceptors (Lipinski definition) is 2. The maximum Gasteiger partial charge on any atom is 0.119 e. The average Bonchev–Trinajstić information content (AvgIpc) is 3.15. The molecule has 4 aromatic rings. The van der Waals surface area contributed by atoms with E-state index in [4.69, 9.17) is 9.84 Å². The maximum absolute atomic E-state index is 5.35. The Bertz CT molecular complexity index is 918. The molecule has 0 aliphatic carbocycles. The predicted octanol–water partition coefficient (Wildman–Crippen LogP) is 5.21. The highest BCUT2D eigenvalue weighted by Crippen LogP contribution is 2.30. The normalized spacial score (nSPS) is 10.6. The molecular formula is C22H18N2O. The van der Waals surface area contributed by atoms with E-state index in [1.54, 1.807) is 7.11 Å². The summed E-state index contributed by atoms with van der Waals surface area (Å²) in [6.07, 6.45) is 0. The van der Waals surface area contributed by atoms with E-state index in [1.807, 2.05) is 59.3 Å². The molecule has 3 heteroatoms. The van der Waals surface area contributed by atoms with Crippen LogP contribution < -0.4 is 4.74 Å². The Balaban J connectivity index is 1.89. The second-order valence-corrected chi connectivity index (χ2v) is 5.76. The van der Waals surface area contributed by atoms with Crippen LogP contribution in [0, 0.1) is 0 Å². The third-order valence-corrected chi connectivity index (χ3v) is 4.15. The standard InChI is InChI=1S/C22H18N2O/c1-25-20-14-8-11-18(15-20)21-16-22(17-9-4-2-5-10-17)24(23-21)19-12-6-3-7-13-19/h2-16H,1H3. The first-order chi connectivity index (χ1) is 12.3. The summed E-state index contributed by atoms with van der Waals surface area (Å²) < 4.78 is 7.34. The van der Waals surface area contributed by atoms with E-state index in [9.17, 15) is 0 Å². The smallest absolute Gasteiger partial charge is 0.119 e. The molecular weight excluding hydrogens is 308 g/mol. The van der Waals surface area contributed by atoms with Gasteiger partial charge in [-0.15, -0.1) is 0 Å². The van der Waals surface area contributed by atoms with Crippen molar-refractivity contribution in [3.8, 4) is 34.0 Å². The minimum absolute atomic E-state index is 0.827. The Kier molecular flexibility index (Phi) is 4.05. The molecule has 3 nitrogen and oxygen atoms in total. The van der Waals surface area contributed by atoms with Crippen molar-refractivity contribution in [2.24, 2.45) is 0 Å². The van der Waals surface area contributed by atoms with Crippen LogP contribution in [0.3, 0.4) is 0 Å². The van der Waals surface area contributed by atoms with Gasteiger partial charge in [0, 0.05) is 11.1 Å². The van der Waals surface area contributed by atoms with Crippen molar-refractivity contribution in [2.75, 3.05) is 7.11 Å². The third kappa shape index (κ3) is 3.04. The van der Waals surface area contributed by atoms with Crippen LogP contribution >= 0.6 is 0 Å². The number of para-hydroxylation sites is 1. The van der Waals surface area contributed by atoms with Gasteiger partial charge in [-0.3, -0.25) is 0 Å². The number of aromatic nitrogens is 2. The largest absolute Gasteiger partial charge is 0.497 e. The lowest BCUT2D eigenvalue weighted by Gasteiger charge is -2.07. The fraction of sp³-hybridized carbons (Fsp3) is 0.0455. The first-order valence-electron chi connectivity index (χ1n) is 8.20. The molecule has 0 amide bonds. The van der Waals surface area contributed by atoms with Gasteiger partial charge in [0.15, 0.2) is 0 Å². The molecule has 4 rings (SSSR count). The minimum atomic E-state index is 0.827. The van der Waals surface area contributed by atoms with Crippen LogP contribution in [0.15, 0.2) is 91.0 Å². The first-order valence-corrected chi connectivity index (χ1v) is 8.20. The third-order valence-electron chi connectivity index (χ3n) is 4.15. The molecule has 0 radical (unpaired) electrons. The topological polar surface area (TPSA) is 27.1 Å². The summed E-state index contributed by atoms with van der Waals surface area (Å²) in [6.45, 7) is 0. The highest BCUT2D eigenvalue weighted by Gasteiger charge is 2.13. The molecule has 0 spiro atoms. The van der Waals surface area contributed by atoms with E-state index in [0.717, 1.165) is 34.0 Å². The number of benzene rings is 3. The van der Waals surface area contributed by atoms with Gasteiger partial charge in [0.1, 0.15) is 5.75 Å². The van der Waals surface area contributed by atoms with Gasteiger partial charge < -0.3 is 4.74 Å². The monoisotopic (exact) mass is 326 g/mol. The zero-order valence-corrected chi connectivity index (χ0v) is 14.0. The van der Waals surface area contributed by atoms with Crippen molar-refractivity contribution < 1.29 is 4.74 Å². The lowest BCUT2D eigenvalue weighted by Crippen LogP contribution is -1.98. The molecule has 1 aromatic heterocycles. The van der Waals surface area contributed by atoms with Gasteiger partial charge in [0.05, 0.1) is 24.2 Å². The predicted molar refractivity (Wildman–Crippen MR) is 101 cm³/mol. The minimum Gasteiger partial charge on any atom is -0.497 e. The second kappa shape index (κ2) is 6.65. The molecule has 1 heterocycles. The van der Waals surface area contributed by atoms with Crippen LogP contribution in [-0.4, -0.2) is 16.9 Å². The molecule has 0 atom stereocenters. The van der Waals surface area contributed by atoms with Gasteiger partial charge in [-0.2, -0.15) is 5.10 Å². The summed E-state index contributed by atoms with van der Waals surface area (Å²) in [5.74, 6) is 0.827. The number of methoxy groups -OCH3 is 1. The van der Waals surface area contributed by atoms with Crippen molar-refractivity contribution in [2.45, 2.75) is 0 Å². The van der Waals surface area contributed by atoms with Crippen molar-refractivity contribution in [3.63, 3.8) is 0 Å². The Labute approximate surface area is 147 Å². The van der Waals surface area contributed by atoms with Gasteiger partial charge in [-0.1, -0.05) is 60.7 Å². The fourth-order valence-electron chi connectivity index (χ4n) is 2.89. The Hall–Kier alpha value is -3.33. The molecule has 0 saturated carbocycles. The molecule has 122 valence electrons. The van der Waals surface area contributed by atoms with Crippen molar-refractivity contribution in [1.29, 1.82) is 0 Å².